The number of aliphatic hydroxyl groups is 1. The second-order valence-corrected chi connectivity index (χ2v) is 7.51. The van der Waals surface area contributed by atoms with Crippen molar-refractivity contribution in [2.75, 3.05) is 34.4 Å². The molecule has 1 atom stereocenters. The minimum absolute atomic E-state index is 0. The van der Waals surface area contributed by atoms with Crippen LogP contribution < -0.4 is 24.8 Å². The van der Waals surface area contributed by atoms with Crippen LogP contribution in [0.5, 0.6) is 17.2 Å². The van der Waals surface area contributed by atoms with Crippen LogP contribution in [0, 0.1) is 0 Å². The van der Waals surface area contributed by atoms with Crippen LogP contribution >= 0.6 is 46.9 Å². The Labute approximate surface area is 197 Å². The summed E-state index contributed by atoms with van der Waals surface area (Å²) >= 11 is 7.29. The van der Waals surface area contributed by atoms with E-state index >= 15 is 0 Å². The van der Waals surface area contributed by atoms with Gasteiger partial charge in [-0.15, -0.1) is 35.3 Å². The summed E-state index contributed by atoms with van der Waals surface area (Å²) in [5.74, 6) is 2.29. The van der Waals surface area contributed by atoms with Crippen LogP contribution in [0.2, 0.25) is 4.34 Å². The lowest BCUT2D eigenvalue weighted by Gasteiger charge is -2.15. The number of methoxy groups -OCH3 is 3. The molecular formula is C19H27ClIN3O4S. The first-order valence-electron chi connectivity index (χ1n) is 8.76. The Hall–Kier alpha value is -1.43. The van der Waals surface area contributed by atoms with E-state index in [0.29, 0.717) is 47.2 Å². The van der Waals surface area contributed by atoms with Crippen LogP contribution in [0.1, 0.15) is 23.5 Å². The van der Waals surface area contributed by atoms with Gasteiger partial charge < -0.3 is 30.0 Å². The molecule has 162 valence electrons. The number of halogens is 2. The molecule has 0 aliphatic carbocycles. The molecule has 3 N–H and O–H groups in total. The zero-order valence-electron chi connectivity index (χ0n) is 16.8. The van der Waals surface area contributed by atoms with Crippen molar-refractivity contribution < 1.29 is 19.3 Å². The molecule has 0 aliphatic heterocycles. The number of guanidine groups is 1. The molecule has 0 fully saturated rings. The number of hydrogen-bond donors (Lipinski definition) is 3. The lowest BCUT2D eigenvalue weighted by atomic mass is 10.2. The van der Waals surface area contributed by atoms with Crippen LogP contribution in [0.4, 0.5) is 0 Å². The fourth-order valence-corrected chi connectivity index (χ4v) is 3.59. The number of thiophene rings is 1. The van der Waals surface area contributed by atoms with Crippen LogP contribution in [0.15, 0.2) is 29.3 Å². The number of nitrogens with one attached hydrogen (secondary N) is 2. The highest BCUT2D eigenvalue weighted by Crippen LogP contribution is 2.38. The van der Waals surface area contributed by atoms with Gasteiger partial charge in [0.1, 0.15) is 6.10 Å². The molecule has 2 rings (SSSR count). The van der Waals surface area contributed by atoms with Gasteiger partial charge in [0, 0.05) is 18.0 Å². The number of benzene rings is 1. The zero-order valence-corrected chi connectivity index (χ0v) is 20.7. The van der Waals surface area contributed by atoms with Crippen LogP contribution in [0.25, 0.3) is 0 Å². The van der Waals surface area contributed by atoms with Crippen molar-refractivity contribution in [3.63, 3.8) is 0 Å². The van der Waals surface area contributed by atoms with Gasteiger partial charge in [-0.05, 0) is 36.8 Å². The maximum Gasteiger partial charge on any atom is 0.203 e. The highest BCUT2D eigenvalue weighted by atomic mass is 127. The minimum atomic E-state index is -0.664. The fourth-order valence-electron chi connectivity index (χ4n) is 2.54. The fraction of sp³-hybridized carbons (Fsp3) is 0.421. The van der Waals surface area contributed by atoms with Crippen molar-refractivity contribution in [2.45, 2.75) is 19.6 Å². The Morgan fingerprint density at radius 2 is 1.79 bits per heavy atom. The second-order valence-electron chi connectivity index (χ2n) is 5.77. The van der Waals surface area contributed by atoms with E-state index in [9.17, 15) is 5.11 Å². The SMILES string of the molecule is CCNC(=NCc1cc(OC)c(OC)c(OC)c1)NCC(O)c1ccc(Cl)s1.I. The summed E-state index contributed by atoms with van der Waals surface area (Å²) in [4.78, 5) is 5.37. The first kappa shape index (κ1) is 25.6. The zero-order chi connectivity index (χ0) is 20.5. The molecule has 1 heterocycles. The van der Waals surface area contributed by atoms with Gasteiger partial charge >= 0.3 is 0 Å². The average molecular weight is 556 g/mol. The number of nitrogens with zero attached hydrogens (tertiary/aromatic N) is 1. The van der Waals surface area contributed by atoms with Crippen LogP contribution in [0.3, 0.4) is 0 Å². The van der Waals surface area contributed by atoms with Crippen molar-refractivity contribution in [2.24, 2.45) is 4.99 Å². The van der Waals surface area contributed by atoms with Gasteiger partial charge in [-0.2, -0.15) is 0 Å². The molecular weight excluding hydrogens is 529 g/mol. The quantitative estimate of drug-likeness (QED) is 0.248. The van der Waals surface area contributed by atoms with Gasteiger partial charge in [0.15, 0.2) is 17.5 Å². The maximum atomic E-state index is 10.3. The largest absolute Gasteiger partial charge is 0.493 e. The maximum absolute atomic E-state index is 10.3. The number of aliphatic hydroxyl groups excluding tert-OH is 1. The first-order chi connectivity index (χ1) is 13.5. The lowest BCUT2D eigenvalue weighted by Crippen LogP contribution is -2.39. The number of ether oxygens (including phenoxy) is 3. The van der Waals surface area contributed by atoms with Crippen molar-refractivity contribution in [1.82, 2.24) is 10.6 Å². The standard InChI is InChI=1S/C19H26ClN3O4S.HI/c1-5-21-19(23-11-13(24)16-6-7-17(20)28-16)22-10-12-8-14(25-2)18(27-4)15(9-12)26-3;/h6-9,13,24H,5,10-11H2,1-4H3,(H2,21,22,23);1H. The molecule has 0 saturated heterocycles. The molecule has 0 saturated carbocycles. The molecule has 0 spiro atoms. The molecule has 7 nitrogen and oxygen atoms in total. The normalized spacial score (nSPS) is 12.0. The predicted octanol–water partition coefficient (Wildman–Crippen LogP) is 3.83. The van der Waals surface area contributed by atoms with Crippen molar-refractivity contribution in [3.05, 3.63) is 39.0 Å². The second kappa shape index (κ2) is 13.0. The summed E-state index contributed by atoms with van der Waals surface area (Å²) in [6, 6.07) is 7.31. The van der Waals surface area contributed by atoms with Gasteiger partial charge in [-0.3, -0.25) is 0 Å². The van der Waals surface area contributed by atoms with Gasteiger partial charge in [0.25, 0.3) is 0 Å². The average Bonchev–Trinajstić information content (AvgIpc) is 3.15. The van der Waals surface area contributed by atoms with Gasteiger partial charge in [0.05, 0.1) is 32.2 Å². The molecule has 1 aromatic heterocycles. The van der Waals surface area contributed by atoms with E-state index in [0.717, 1.165) is 10.4 Å². The Morgan fingerprint density at radius 3 is 2.28 bits per heavy atom. The number of aliphatic imine (C=N–C) groups is 1. The molecule has 2 aromatic rings. The van der Waals surface area contributed by atoms with E-state index < -0.39 is 6.10 Å². The first-order valence-corrected chi connectivity index (χ1v) is 9.96. The summed E-state index contributed by atoms with van der Waals surface area (Å²) in [6.45, 7) is 3.39. The van der Waals surface area contributed by atoms with Gasteiger partial charge in [-0.25, -0.2) is 4.99 Å². The number of rotatable bonds is 9. The Bertz CT molecular complexity index is 779. The topological polar surface area (TPSA) is 84.3 Å². The van der Waals surface area contributed by atoms with Crippen LogP contribution in [-0.4, -0.2) is 45.5 Å². The molecule has 0 aliphatic rings. The molecule has 1 unspecified atom stereocenters. The van der Waals surface area contributed by atoms with E-state index in [-0.39, 0.29) is 24.0 Å². The molecule has 0 amide bonds. The van der Waals surface area contributed by atoms with E-state index in [2.05, 4.69) is 15.6 Å². The highest BCUT2D eigenvalue weighted by molar-refractivity contribution is 14.0. The Morgan fingerprint density at radius 1 is 1.14 bits per heavy atom. The molecule has 0 bridgehead atoms. The summed E-state index contributed by atoms with van der Waals surface area (Å²) in [5.41, 5.74) is 0.900. The monoisotopic (exact) mass is 555 g/mol. The van der Waals surface area contributed by atoms with Crippen molar-refractivity contribution in [1.29, 1.82) is 0 Å². The van der Waals surface area contributed by atoms with Crippen molar-refractivity contribution in [3.8, 4) is 17.2 Å². The molecule has 0 radical (unpaired) electrons. The van der Waals surface area contributed by atoms with E-state index in [1.165, 1.54) is 11.3 Å². The van der Waals surface area contributed by atoms with E-state index in [4.69, 9.17) is 25.8 Å². The third-order valence-corrected chi connectivity index (χ3v) is 5.21. The third kappa shape index (κ3) is 7.40. The number of hydrogen-bond acceptors (Lipinski definition) is 6. The van der Waals surface area contributed by atoms with Crippen LogP contribution in [-0.2, 0) is 6.54 Å². The van der Waals surface area contributed by atoms with Gasteiger partial charge in [0.2, 0.25) is 5.75 Å². The Kier molecular flexibility index (Phi) is 11.5. The smallest absolute Gasteiger partial charge is 0.203 e. The van der Waals surface area contributed by atoms with E-state index in [1.54, 1.807) is 27.4 Å². The molecule has 10 heteroatoms. The minimum Gasteiger partial charge on any atom is -0.493 e. The summed E-state index contributed by atoms with van der Waals surface area (Å²) in [7, 11) is 4.72. The highest BCUT2D eigenvalue weighted by Gasteiger charge is 2.14. The summed E-state index contributed by atoms with van der Waals surface area (Å²) in [5, 5.41) is 16.6. The molecule has 29 heavy (non-hydrogen) atoms. The van der Waals surface area contributed by atoms with Gasteiger partial charge in [-0.1, -0.05) is 11.6 Å². The summed E-state index contributed by atoms with van der Waals surface area (Å²) in [6.07, 6.45) is -0.664. The third-order valence-electron chi connectivity index (χ3n) is 3.87. The van der Waals surface area contributed by atoms with E-state index in [1.807, 2.05) is 25.1 Å². The lowest BCUT2D eigenvalue weighted by molar-refractivity contribution is 0.184. The van der Waals surface area contributed by atoms with Crippen molar-refractivity contribution >= 4 is 52.9 Å². The Balaban J connectivity index is 0.00000420. The summed E-state index contributed by atoms with van der Waals surface area (Å²) < 4.78 is 16.7. The molecule has 1 aromatic carbocycles. The predicted molar refractivity (Wildman–Crippen MR) is 129 cm³/mol.